The largest absolute Gasteiger partial charge is 0.469 e. The molecule has 192 valence electrons. The number of esters is 1. The molecule has 0 bridgehead atoms. The van der Waals surface area contributed by atoms with Crippen LogP contribution in [0.5, 0.6) is 0 Å². The molecule has 0 spiro atoms. The monoisotopic (exact) mass is 522 g/mol. The van der Waals surface area contributed by atoms with Crippen molar-refractivity contribution in [3.8, 4) is 0 Å². The first-order valence-corrected chi connectivity index (χ1v) is 13.6. The lowest BCUT2D eigenvalue weighted by atomic mass is 9.59. The van der Waals surface area contributed by atoms with Gasteiger partial charge in [0.2, 0.25) is 0 Å². The highest BCUT2D eigenvalue weighted by Crippen LogP contribution is 2.43. The van der Waals surface area contributed by atoms with Crippen LogP contribution in [-0.4, -0.2) is 20.1 Å². The van der Waals surface area contributed by atoms with E-state index in [0.717, 1.165) is 23.7 Å². The van der Waals surface area contributed by atoms with Crippen molar-refractivity contribution in [3.63, 3.8) is 0 Å². The maximum absolute atomic E-state index is 12.8. The van der Waals surface area contributed by atoms with Gasteiger partial charge in [0.05, 0.1) is 12.5 Å². The molecule has 1 N–H and O–H groups in total. The summed E-state index contributed by atoms with van der Waals surface area (Å²) >= 11 is 6.22. The summed E-state index contributed by atoms with van der Waals surface area (Å²) in [4.78, 5) is 15.2. The van der Waals surface area contributed by atoms with Gasteiger partial charge in [-0.3, -0.25) is 4.79 Å². The maximum atomic E-state index is 12.8. The van der Waals surface area contributed by atoms with E-state index in [1.165, 1.54) is 62.4 Å². The summed E-state index contributed by atoms with van der Waals surface area (Å²) in [6, 6.07) is 21.2. The standard InChI is InChI=1S/C32H32BClN2O2/c1-19-20(2)30(21(3)26-17-32(4,16-25(19)26)31(37)38-5)33-35-27-10-6-8-23-9-7-11-28(29(23)27)36(33)18-22-12-14-24(34)15-13-22/h6-15,35H,16-18H2,1-5H3. The van der Waals surface area contributed by atoms with Crippen LogP contribution < -0.4 is 15.5 Å². The maximum Gasteiger partial charge on any atom is 0.409 e. The van der Waals surface area contributed by atoms with Crippen molar-refractivity contribution in [1.82, 2.24) is 0 Å². The molecular weight excluding hydrogens is 491 g/mol. The average molecular weight is 523 g/mol. The molecule has 6 rings (SSSR count). The number of nitrogens with one attached hydrogen (secondary N) is 1. The molecule has 0 radical (unpaired) electrons. The Kier molecular flexibility index (Phi) is 5.95. The molecule has 4 aromatic rings. The Morgan fingerprint density at radius 1 is 0.974 bits per heavy atom. The third-order valence-electron chi connectivity index (χ3n) is 8.79. The number of fused-ring (bicyclic) bond motifs is 1. The van der Waals surface area contributed by atoms with E-state index in [1.54, 1.807) is 0 Å². The van der Waals surface area contributed by atoms with Crippen LogP contribution in [0.2, 0.25) is 5.02 Å². The summed E-state index contributed by atoms with van der Waals surface area (Å²) in [6.07, 6.45) is 1.42. The fraction of sp³-hybridized carbons (Fsp3) is 0.281. The van der Waals surface area contributed by atoms with E-state index >= 15 is 0 Å². The fourth-order valence-corrected chi connectivity index (χ4v) is 6.81. The van der Waals surface area contributed by atoms with E-state index in [2.05, 4.69) is 79.3 Å². The summed E-state index contributed by atoms with van der Waals surface area (Å²) < 4.78 is 5.22. The van der Waals surface area contributed by atoms with Crippen LogP contribution in [0.4, 0.5) is 11.4 Å². The first-order valence-electron chi connectivity index (χ1n) is 13.2. The van der Waals surface area contributed by atoms with E-state index < -0.39 is 5.41 Å². The topological polar surface area (TPSA) is 41.6 Å². The molecule has 0 saturated carbocycles. The number of benzene rings is 4. The molecule has 1 aliphatic heterocycles. The minimum atomic E-state index is -0.529. The second kappa shape index (κ2) is 9.09. The van der Waals surface area contributed by atoms with E-state index in [0.29, 0.717) is 6.42 Å². The van der Waals surface area contributed by atoms with Crippen LogP contribution in [0, 0.1) is 26.2 Å². The summed E-state index contributed by atoms with van der Waals surface area (Å²) in [5.41, 5.74) is 10.7. The first-order chi connectivity index (χ1) is 18.2. The lowest BCUT2D eigenvalue weighted by Crippen LogP contribution is -2.57. The molecule has 38 heavy (non-hydrogen) atoms. The van der Waals surface area contributed by atoms with Crippen LogP contribution in [-0.2, 0) is 28.9 Å². The van der Waals surface area contributed by atoms with Crippen LogP contribution >= 0.6 is 11.6 Å². The van der Waals surface area contributed by atoms with Gasteiger partial charge in [0.25, 0.3) is 0 Å². The molecule has 6 heteroatoms. The minimum Gasteiger partial charge on any atom is -0.469 e. The fourth-order valence-electron chi connectivity index (χ4n) is 6.68. The molecule has 0 fully saturated rings. The van der Waals surface area contributed by atoms with Crippen LogP contribution in [0.15, 0.2) is 60.7 Å². The number of carbonyl (C=O) groups is 1. The van der Waals surface area contributed by atoms with Gasteiger partial charge in [0.15, 0.2) is 0 Å². The lowest BCUT2D eigenvalue weighted by Gasteiger charge is -2.39. The van der Waals surface area contributed by atoms with Gasteiger partial charge < -0.3 is 14.8 Å². The summed E-state index contributed by atoms with van der Waals surface area (Å²) in [6.45, 7) is 9.37. The summed E-state index contributed by atoms with van der Waals surface area (Å²) in [7, 11) is 1.49. The number of nitrogens with zero attached hydrogens (tertiary/aromatic N) is 1. The van der Waals surface area contributed by atoms with Gasteiger partial charge in [0, 0.05) is 28.3 Å². The Morgan fingerprint density at radius 3 is 2.32 bits per heavy atom. The lowest BCUT2D eigenvalue weighted by molar-refractivity contribution is -0.151. The van der Waals surface area contributed by atoms with E-state index in [4.69, 9.17) is 16.3 Å². The molecule has 0 saturated heterocycles. The molecule has 1 aliphatic carbocycles. The molecule has 0 aromatic heterocycles. The highest BCUT2D eigenvalue weighted by atomic mass is 35.5. The number of hydrogen-bond acceptors (Lipinski definition) is 4. The molecule has 2 aliphatic rings. The van der Waals surface area contributed by atoms with Gasteiger partial charge in [-0.2, -0.15) is 0 Å². The number of ether oxygens (including phenoxy) is 1. The predicted molar refractivity (Wildman–Crippen MR) is 159 cm³/mol. The van der Waals surface area contributed by atoms with Crippen molar-refractivity contribution >= 4 is 52.2 Å². The first kappa shape index (κ1) is 24.9. The van der Waals surface area contributed by atoms with Crippen molar-refractivity contribution < 1.29 is 9.53 Å². The van der Waals surface area contributed by atoms with E-state index in [-0.39, 0.29) is 13.0 Å². The third-order valence-corrected chi connectivity index (χ3v) is 9.04. The summed E-state index contributed by atoms with van der Waals surface area (Å²) in [5.74, 6) is -0.132. The number of hydrogen-bond donors (Lipinski definition) is 1. The van der Waals surface area contributed by atoms with Crippen LogP contribution in [0.3, 0.4) is 0 Å². The summed E-state index contributed by atoms with van der Waals surface area (Å²) in [5, 5.41) is 7.13. The SMILES string of the molecule is COC(=O)C1(C)Cc2c(C)c(C)c(B3Nc4cccc5cccc(c45)N3Cc3ccc(Cl)cc3)c(C)c2C1. The Bertz CT molecular complexity index is 1590. The number of rotatable bonds is 4. The number of methoxy groups -OCH3 is 1. The zero-order valence-electron chi connectivity index (χ0n) is 22.6. The van der Waals surface area contributed by atoms with Gasteiger partial charge >= 0.3 is 13.0 Å². The number of anilines is 2. The average Bonchev–Trinajstić information content (AvgIpc) is 3.29. The van der Waals surface area contributed by atoms with Crippen molar-refractivity contribution in [2.24, 2.45) is 5.41 Å². The Labute approximate surface area is 230 Å². The van der Waals surface area contributed by atoms with Gasteiger partial charge in [-0.1, -0.05) is 48.0 Å². The zero-order valence-corrected chi connectivity index (χ0v) is 23.4. The van der Waals surface area contributed by atoms with Crippen molar-refractivity contribution in [2.45, 2.75) is 47.1 Å². The van der Waals surface area contributed by atoms with E-state index in [1.807, 2.05) is 19.1 Å². The molecular formula is C32H32BClN2O2. The minimum absolute atomic E-state index is 0.0693. The third kappa shape index (κ3) is 3.79. The van der Waals surface area contributed by atoms with Gasteiger partial charge in [0.1, 0.15) is 0 Å². The Morgan fingerprint density at radius 2 is 1.63 bits per heavy atom. The predicted octanol–water partition coefficient (Wildman–Crippen LogP) is 6.52. The highest BCUT2D eigenvalue weighted by molar-refractivity contribution is 6.81. The van der Waals surface area contributed by atoms with Crippen LogP contribution in [0.1, 0.15) is 40.3 Å². The molecule has 1 heterocycles. The normalized spacial score (nSPS) is 17.9. The molecule has 1 atom stereocenters. The second-order valence-corrected chi connectivity index (χ2v) is 11.6. The Hall–Kier alpha value is -3.44. The highest BCUT2D eigenvalue weighted by Gasteiger charge is 2.44. The van der Waals surface area contributed by atoms with Crippen molar-refractivity contribution in [3.05, 3.63) is 99.1 Å². The number of carbonyl (C=O) groups excluding carboxylic acids is 1. The van der Waals surface area contributed by atoms with Gasteiger partial charge in [-0.15, -0.1) is 0 Å². The van der Waals surface area contributed by atoms with Crippen molar-refractivity contribution in [2.75, 3.05) is 17.1 Å². The number of halogens is 1. The van der Waals surface area contributed by atoms with Crippen molar-refractivity contribution in [1.29, 1.82) is 0 Å². The second-order valence-electron chi connectivity index (χ2n) is 11.1. The van der Waals surface area contributed by atoms with Gasteiger partial charge in [-0.05, 0) is 109 Å². The molecule has 1 unspecified atom stereocenters. The molecule has 4 nitrogen and oxygen atoms in total. The smallest absolute Gasteiger partial charge is 0.409 e. The van der Waals surface area contributed by atoms with E-state index in [9.17, 15) is 4.79 Å². The quantitative estimate of drug-likeness (QED) is 0.245. The zero-order chi connectivity index (χ0) is 26.8. The Balaban J connectivity index is 1.53. The van der Waals surface area contributed by atoms with Gasteiger partial charge in [-0.25, -0.2) is 0 Å². The molecule has 0 amide bonds. The molecule has 4 aromatic carbocycles. The van der Waals surface area contributed by atoms with Crippen LogP contribution in [0.25, 0.3) is 10.8 Å².